The lowest BCUT2D eigenvalue weighted by Gasteiger charge is -2.34. The lowest BCUT2D eigenvalue weighted by molar-refractivity contribution is -0.121. The van der Waals surface area contributed by atoms with Gasteiger partial charge in [-0.3, -0.25) is 4.79 Å². The monoisotopic (exact) mass is 353 g/mol. The minimum absolute atomic E-state index is 0.0923. The lowest BCUT2D eigenvalue weighted by atomic mass is 10.0. The molecule has 25 heavy (non-hydrogen) atoms. The van der Waals surface area contributed by atoms with E-state index in [1.807, 2.05) is 60.7 Å². The summed E-state index contributed by atoms with van der Waals surface area (Å²) >= 11 is 5.50. The first-order valence-corrected chi connectivity index (χ1v) is 9.06. The number of nitrogens with zero attached hydrogens (tertiary/aromatic N) is 1. The minimum atomic E-state index is 0.0923. The highest BCUT2D eigenvalue weighted by Crippen LogP contribution is 2.14. The van der Waals surface area contributed by atoms with E-state index >= 15 is 0 Å². The molecule has 4 nitrogen and oxygen atoms in total. The lowest BCUT2D eigenvalue weighted by Crippen LogP contribution is -2.47. The van der Waals surface area contributed by atoms with Crippen LogP contribution in [0.2, 0.25) is 0 Å². The van der Waals surface area contributed by atoms with Crippen LogP contribution in [0.15, 0.2) is 60.7 Å². The molecule has 0 aliphatic carbocycles. The first kappa shape index (κ1) is 17.4. The van der Waals surface area contributed by atoms with Crippen molar-refractivity contribution in [2.24, 2.45) is 0 Å². The molecule has 5 heteroatoms. The summed E-state index contributed by atoms with van der Waals surface area (Å²) in [5.41, 5.74) is 2.05. The van der Waals surface area contributed by atoms with Gasteiger partial charge in [0.2, 0.25) is 5.91 Å². The Morgan fingerprint density at radius 2 is 1.60 bits per heavy atom. The van der Waals surface area contributed by atoms with E-state index in [1.54, 1.807) is 0 Å². The number of hydrogen-bond donors (Lipinski definition) is 2. The molecular weight excluding hydrogens is 330 g/mol. The smallest absolute Gasteiger partial charge is 0.224 e. The summed E-state index contributed by atoms with van der Waals surface area (Å²) in [7, 11) is 0. The van der Waals surface area contributed by atoms with Crippen molar-refractivity contribution in [1.82, 2.24) is 10.2 Å². The van der Waals surface area contributed by atoms with Gasteiger partial charge in [-0.15, -0.1) is 0 Å². The highest BCUT2D eigenvalue weighted by atomic mass is 32.1. The van der Waals surface area contributed by atoms with Gasteiger partial charge >= 0.3 is 0 Å². The Balaban J connectivity index is 1.42. The molecule has 1 amide bonds. The Morgan fingerprint density at radius 3 is 2.24 bits per heavy atom. The van der Waals surface area contributed by atoms with E-state index in [1.165, 1.54) is 0 Å². The van der Waals surface area contributed by atoms with Crippen molar-refractivity contribution >= 4 is 28.9 Å². The maximum Gasteiger partial charge on any atom is 0.224 e. The first-order chi connectivity index (χ1) is 12.2. The van der Waals surface area contributed by atoms with Crippen LogP contribution in [-0.2, 0) is 11.2 Å². The van der Waals surface area contributed by atoms with Crippen LogP contribution in [0, 0.1) is 0 Å². The number of carbonyl (C=O) groups is 1. The number of rotatable bonds is 4. The van der Waals surface area contributed by atoms with E-state index < -0.39 is 0 Å². The highest BCUT2D eigenvalue weighted by molar-refractivity contribution is 7.80. The van der Waals surface area contributed by atoms with Gasteiger partial charge in [-0.2, -0.15) is 0 Å². The van der Waals surface area contributed by atoms with E-state index in [0.717, 1.165) is 42.3 Å². The average molecular weight is 353 g/mol. The second-order valence-corrected chi connectivity index (χ2v) is 6.67. The van der Waals surface area contributed by atoms with Crippen molar-refractivity contribution in [3.63, 3.8) is 0 Å². The van der Waals surface area contributed by atoms with Gasteiger partial charge in [-0.05, 0) is 42.8 Å². The molecule has 0 spiro atoms. The van der Waals surface area contributed by atoms with E-state index in [9.17, 15) is 4.79 Å². The number of hydrogen-bond acceptors (Lipinski definition) is 2. The van der Waals surface area contributed by atoms with E-state index in [0.29, 0.717) is 6.42 Å². The number of carbonyl (C=O) groups excluding carboxylic acids is 1. The number of benzene rings is 2. The summed E-state index contributed by atoms with van der Waals surface area (Å²) in [6, 6.07) is 20.0. The van der Waals surface area contributed by atoms with Crippen molar-refractivity contribution in [1.29, 1.82) is 0 Å². The number of likely N-dealkylation sites (tertiary alicyclic amines) is 1. The van der Waals surface area contributed by atoms with Crippen LogP contribution in [0.3, 0.4) is 0 Å². The van der Waals surface area contributed by atoms with Crippen molar-refractivity contribution in [2.75, 3.05) is 18.4 Å². The Hall–Kier alpha value is -2.40. The summed E-state index contributed by atoms with van der Waals surface area (Å²) in [4.78, 5) is 14.3. The third kappa shape index (κ3) is 5.29. The zero-order chi connectivity index (χ0) is 17.5. The van der Waals surface area contributed by atoms with Gasteiger partial charge in [0.05, 0.1) is 6.42 Å². The quantitative estimate of drug-likeness (QED) is 0.829. The predicted octanol–water partition coefficient (Wildman–Crippen LogP) is 3.21. The number of nitrogens with one attached hydrogen (secondary N) is 2. The zero-order valence-corrected chi connectivity index (χ0v) is 15.0. The third-order valence-electron chi connectivity index (χ3n) is 4.38. The summed E-state index contributed by atoms with van der Waals surface area (Å²) in [6.07, 6.45) is 2.27. The fraction of sp³-hybridized carbons (Fsp3) is 0.300. The number of para-hydroxylation sites is 1. The molecule has 1 fully saturated rings. The second kappa shape index (κ2) is 8.62. The molecule has 1 saturated heterocycles. The highest BCUT2D eigenvalue weighted by Gasteiger charge is 2.22. The first-order valence-electron chi connectivity index (χ1n) is 8.65. The van der Waals surface area contributed by atoms with E-state index in [-0.39, 0.29) is 11.9 Å². The van der Waals surface area contributed by atoms with Crippen LogP contribution in [0.4, 0.5) is 5.69 Å². The van der Waals surface area contributed by atoms with E-state index in [4.69, 9.17) is 12.2 Å². The Bertz CT molecular complexity index is 697. The number of amides is 1. The molecule has 2 aromatic carbocycles. The molecule has 2 aromatic rings. The van der Waals surface area contributed by atoms with Crippen LogP contribution >= 0.6 is 12.2 Å². The molecule has 0 bridgehead atoms. The standard InChI is InChI=1S/C20H23N3OS/c24-19(15-16-7-3-1-4-8-16)21-18-11-13-23(14-12-18)20(25)22-17-9-5-2-6-10-17/h1-10,18H,11-15H2,(H,21,24)(H,22,25). The summed E-state index contributed by atoms with van der Waals surface area (Å²) in [5.74, 6) is 0.0923. The summed E-state index contributed by atoms with van der Waals surface area (Å²) in [6.45, 7) is 1.71. The molecular formula is C20H23N3OS. The van der Waals surface area contributed by atoms with Crippen LogP contribution in [0.25, 0.3) is 0 Å². The normalized spacial score (nSPS) is 14.8. The number of thiocarbonyl (C=S) groups is 1. The SMILES string of the molecule is O=C(Cc1ccccc1)NC1CCN(C(=S)Nc2ccccc2)CC1. The van der Waals surface area contributed by atoms with Crippen molar-refractivity contribution in [3.05, 3.63) is 66.2 Å². The topological polar surface area (TPSA) is 44.4 Å². The summed E-state index contributed by atoms with van der Waals surface area (Å²) in [5, 5.41) is 7.17. The summed E-state index contributed by atoms with van der Waals surface area (Å²) < 4.78 is 0. The van der Waals surface area contributed by atoms with Crippen molar-refractivity contribution < 1.29 is 4.79 Å². The molecule has 0 atom stereocenters. The molecule has 3 rings (SSSR count). The molecule has 2 N–H and O–H groups in total. The fourth-order valence-electron chi connectivity index (χ4n) is 3.01. The van der Waals surface area contributed by atoms with Crippen LogP contribution in [0.1, 0.15) is 18.4 Å². The molecule has 0 saturated carbocycles. The molecule has 1 aliphatic rings. The van der Waals surface area contributed by atoms with Gasteiger partial charge in [0, 0.05) is 24.8 Å². The van der Waals surface area contributed by atoms with Gasteiger partial charge < -0.3 is 15.5 Å². The predicted molar refractivity (Wildman–Crippen MR) is 106 cm³/mol. The largest absolute Gasteiger partial charge is 0.353 e. The molecule has 0 unspecified atom stereocenters. The maximum absolute atomic E-state index is 12.2. The maximum atomic E-state index is 12.2. The van der Waals surface area contributed by atoms with Gasteiger partial charge in [-0.1, -0.05) is 48.5 Å². The van der Waals surface area contributed by atoms with Crippen molar-refractivity contribution in [2.45, 2.75) is 25.3 Å². The van der Waals surface area contributed by atoms with Gasteiger partial charge in [0.1, 0.15) is 0 Å². The number of anilines is 1. The molecule has 130 valence electrons. The van der Waals surface area contributed by atoms with Gasteiger partial charge in [-0.25, -0.2) is 0 Å². The Kier molecular flexibility index (Phi) is 6.01. The number of piperidine rings is 1. The molecule has 0 aromatic heterocycles. The van der Waals surface area contributed by atoms with Gasteiger partial charge in [0.15, 0.2) is 5.11 Å². The zero-order valence-electron chi connectivity index (χ0n) is 14.2. The van der Waals surface area contributed by atoms with Crippen LogP contribution in [-0.4, -0.2) is 35.1 Å². The average Bonchev–Trinajstić information content (AvgIpc) is 2.64. The Labute approximate surface area is 154 Å². The minimum Gasteiger partial charge on any atom is -0.353 e. The molecule has 1 heterocycles. The second-order valence-electron chi connectivity index (χ2n) is 6.29. The van der Waals surface area contributed by atoms with Crippen molar-refractivity contribution in [3.8, 4) is 0 Å². The third-order valence-corrected chi connectivity index (χ3v) is 4.74. The Morgan fingerprint density at radius 1 is 1.00 bits per heavy atom. The van der Waals surface area contributed by atoms with Crippen LogP contribution in [0.5, 0.6) is 0 Å². The van der Waals surface area contributed by atoms with Crippen LogP contribution < -0.4 is 10.6 Å². The fourth-order valence-corrected chi connectivity index (χ4v) is 3.31. The van der Waals surface area contributed by atoms with Gasteiger partial charge in [0.25, 0.3) is 0 Å². The molecule has 1 aliphatic heterocycles. The molecule has 0 radical (unpaired) electrons. The van der Waals surface area contributed by atoms with E-state index in [2.05, 4.69) is 15.5 Å².